The smallest absolute Gasteiger partial charge is 0.251 e. The number of benzene rings is 2. The summed E-state index contributed by atoms with van der Waals surface area (Å²) in [6.45, 7) is 0.134. The molecule has 4 aromatic rings. The van der Waals surface area contributed by atoms with E-state index in [1.54, 1.807) is 12.1 Å². The Hall–Kier alpha value is -3.51. The lowest BCUT2D eigenvalue weighted by Gasteiger charge is -2.06. The van der Waals surface area contributed by atoms with E-state index in [0.29, 0.717) is 11.2 Å². The van der Waals surface area contributed by atoms with Gasteiger partial charge in [0, 0.05) is 28.6 Å². The molecule has 0 bridgehead atoms. The van der Waals surface area contributed by atoms with Crippen molar-refractivity contribution in [1.82, 2.24) is 20.5 Å². The van der Waals surface area contributed by atoms with Gasteiger partial charge in [-0.1, -0.05) is 42.5 Å². The van der Waals surface area contributed by atoms with E-state index in [1.165, 1.54) is 0 Å². The second-order valence-electron chi connectivity index (χ2n) is 6.09. The lowest BCUT2D eigenvalue weighted by Crippen LogP contribution is -2.26. The second kappa shape index (κ2) is 7.39. The number of nitrogens with one attached hydrogen (secondary N) is 2. The average molecular weight is 358 g/mol. The topological polar surface area (TPSA) is 90.9 Å². The Kier molecular flexibility index (Phi) is 4.63. The summed E-state index contributed by atoms with van der Waals surface area (Å²) in [4.78, 5) is 16.7. The molecule has 0 aliphatic rings. The number of aliphatic hydroxyl groups excluding tert-OH is 1. The number of fused-ring (bicyclic) bond motifs is 1. The summed E-state index contributed by atoms with van der Waals surface area (Å²) in [5.74, 6) is -0.224. The number of pyridine rings is 1. The number of hydrogen-bond donors (Lipinski definition) is 3. The minimum absolute atomic E-state index is 0.0907. The number of nitrogens with zero attached hydrogens (tertiary/aromatic N) is 2. The Morgan fingerprint density at radius 2 is 1.81 bits per heavy atom. The quantitative estimate of drug-likeness (QED) is 0.511. The zero-order valence-corrected chi connectivity index (χ0v) is 14.5. The zero-order valence-electron chi connectivity index (χ0n) is 14.5. The van der Waals surface area contributed by atoms with Crippen LogP contribution in [0.25, 0.3) is 33.5 Å². The number of rotatable bonds is 5. The number of aromatic amines is 1. The maximum atomic E-state index is 12.1. The molecule has 0 atom stereocenters. The number of hydrogen-bond acceptors (Lipinski definition) is 4. The van der Waals surface area contributed by atoms with E-state index in [9.17, 15) is 4.79 Å². The highest BCUT2D eigenvalue weighted by molar-refractivity contribution is 5.96. The van der Waals surface area contributed by atoms with Crippen LogP contribution in [0.5, 0.6) is 0 Å². The standard InChI is InChI=1S/C21H18N4O2/c26-12-11-22-21(27)16-8-4-7-15(13-16)18-10-9-17-19(24-25-20(17)23-18)14-5-2-1-3-6-14/h1-10,13,26H,11-12H2,(H,22,27)(H,23,24,25). The molecule has 6 nitrogen and oxygen atoms in total. The van der Waals surface area contributed by atoms with E-state index in [1.807, 2.05) is 54.6 Å². The van der Waals surface area contributed by atoms with Gasteiger partial charge in [0.15, 0.2) is 5.65 Å². The Morgan fingerprint density at radius 3 is 2.63 bits per heavy atom. The van der Waals surface area contributed by atoms with Crippen LogP contribution in [-0.4, -0.2) is 39.3 Å². The number of carbonyl (C=O) groups excluding carboxylic acids is 1. The molecule has 0 aliphatic heterocycles. The van der Waals surface area contributed by atoms with Crippen molar-refractivity contribution in [2.75, 3.05) is 13.2 Å². The van der Waals surface area contributed by atoms with E-state index in [-0.39, 0.29) is 19.1 Å². The van der Waals surface area contributed by atoms with Gasteiger partial charge in [0.05, 0.1) is 18.0 Å². The van der Waals surface area contributed by atoms with Crippen LogP contribution in [0, 0.1) is 0 Å². The van der Waals surface area contributed by atoms with Crippen molar-refractivity contribution < 1.29 is 9.90 Å². The fraction of sp³-hybridized carbons (Fsp3) is 0.0952. The molecule has 2 aromatic heterocycles. The Bertz CT molecular complexity index is 1090. The number of amides is 1. The third-order valence-electron chi connectivity index (χ3n) is 4.30. The van der Waals surface area contributed by atoms with Crippen LogP contribution in [0.2, 0.25) is 0 Å². The molecule has 0 spiro atoms. The molecule has 134 valence electrons. The van der Waals surface area contributed by atoms with Crippen molar-refractivity contribution in [2.45, 2.75) is 0 Å². The maximum Gasteiger partial charge on any atom is 0.251 e. The molecule has 0 saturated heterocycles. The molecule has 2 heterocycles. The molecule has 1 amide bonds. The van der Waals surface area contributed by atoms with E-state index in [0.717, 1.165) is 27.9 Å². The van der Waals surface area contributed by atoms with Gasteiger partial charge in [0.1, 0.15) is 0 Å². The summed E-state index contributed by atoms with van der Waals surface area (Å²) in [5.41, 5.74) is 4.71. The molecule has 0 fully saturated rings. The number of aromatic nitrogens is 3. The van der Waals surface area contributed by atoms with E-state index >= 15 is 0 Å². The number of carbonyl (C=O) groups is 1. The SMILES string of the molecule is O=C(NCCO)c1cccc(-c2ccc3c(-c4ccccc4)[nH]nc3n2)c1. The summed E-state index contributed by atoms with van der Waals surface area (Å²) < 4.78 is 0. The molecule has 27 heavy (non-hydrogen) atoms. The largest absolute Gasteiger partial charge is 0.395 e. The van der Waals surface area contributed by atoms with Crippen LogP contribution in [-0.2, 0) is 0 Å². The third kappa shape index (κ3) is 3.43. The highest BCUT2D eigenvalue weighted by Crippen LogP contribution is 2.27. The predicted molar refractivity (Wildman–Crippen MR) is 104 cm³/mol. The molecular weight excluding hydrogens is 340 g/mol. The summed E-state index contributed by atoms with van der Waals surface area (Å²) in [7, 11) is 0. The molecule has 0 radical (unpaired) electrons. The van der Waals surface area contributed by atoms with Gasteiger partial charge >= 0.3 is 0 Å². The normalized spacial score (nSPS) is 10.9. The Morgan fingerprint density at radius 1 is 1.00 bits per heavy atom. The first kappa shape index (κ1) is 16.9. The van der Waals surface area contributed by atoms with Crippen LogP contribution >= 0.6 is 0 Å². The van der Waals surface area contributed by atoms with Gasteiger partial charge in [0.25, 0.3) is 5.91 Å². The second-order valence-corrected chi connectivity index (χ2v) is 6.09. The Balaban J connectivity index is 1.68. The third-order valence-corrected chi connectivity index (χ3v) is 4.30. The van der Waals surface area contributed by atoms with Crippen LogP contribution < -0.4 is 5.32 Å². The first-order valence-electron chi connectivity index (χ1n) is 8.66. The highest BCUT2D eigenvalue weighted by Gasteiger charge is 2.11. The van der Waals surface area contributed by atoms with Crippen molar-refractivity contribution in [1.29, 1.82) is 0 Å². The molecule has 2 aromatic carbocycles. The lowest BCUT2D eigenvalue weighted by molar-refractivity contribution is 0.0945. The first-order chi connectivity index (χ1) is 13.3. The highest BCUT2D eigenvalue weighted by atomic mass is 16.3. The number of H-pyrrole nitrogens is 1. The summed E-state index contributed by atoms with van der Waals surface area (Å²) in [5, 5.41) is 19.8. The molecule has 0 saturated carbocycles. The first-order valence-corrected chi connectivity index (χ1v) is 8.66. The monoisotopic (exact) mass is 358 g/mol. The molecule has 0 aliphatic carbocycles. The fourth-order valence-electron chi connectivity index (χ4n) is 2.97. The van der Waals surface area contributed by atoms with E-state index in [2.05, 4.69) is 20.5 Å². The van der Waals surface area contributed by atoms with E-state index < -0.39 is 0 Å². The fourth-order valence-corrected chi connectivity index (χ4v) is 2.97. The van der Waals surface area contributed by atoms with Crippen LogP contribution in [0.15, 0.2) is 66.7 Å². The van der Waals surface area contributed by atoms with Gasteiger partial charge in [-0.15, -0.1) is 0 Å². The maximum absolute atomic E-state index is 12.1. The zero-order chi connectivity index (χ0) is 18.6. The van der Waals surface area contributed by atoms with Crippen LogP contribution in [0.3, 0.4) is 0 Å². The summed E-state index contributed by atoms with van der Waals surface area (Å²) in [6, 6.07) is 21.1. The average Bonchev–Trinajstić information content (AvgIpc) is 3.16. The minimum atomic E-state index is -0.224. The van der Waals surface area contributed by atoms with Crippen molar-refractivity contribution in [3.8, 4) is 22.5 Å². The molecular formula is C21H18N4O2. The predicted octanol–water partition coefficient (Wildman–Crippen LogP) is 3.01. The molecule has 3 N–H and O–H groups in total. The van der Waals surface area contributed by atoms with Crippen molar-refractivity contribution in [2.24, 2.45) is 0 Å². The lowest BCUT2D eigenvalue weighted by atomic mass is 10.1. The van der Waals surface area contributed by atoms with Gasteiger partial charge in [0.2, 0.25) is 0 Å². The van der Waals surface area contributed by atoms with E-state index in [4.69, 9.17) is 5.11 Å². The Labute approximate surface area is 155 Å². The summed E-state index contributed by atoms with van der Waals surface area (Å²) >= 11 is 0. The van der Waals surface area contributed by atoms with Crippen LogP contribution in [0.4, 0.5) is 0 Å². The summed E-state index contributed by atoms with van der Waals surface area (Å²) in [6.07, 6.45) is 0. The molecule has 4 rings (SSSR count). The van der Waals surface area contributed by atoms with Crippen molar-refractivity contribution in [3.63, 3.8) is 0 Å². The van der Waals surface area contributed by atoms with Crippen molar-refractivity contribution >= 4 is 16.9 Å². The van der Waals surface area contributed by atoms with Gasteiger partial charge in [-0.05, 0) is 24.3 Å². The number of aliphatic hydroxyl groups is 1. The van der Waals surface area contributed by atoms with Gasteiger partial charge in [-0.3, -0.25) is 9.89 Å². The van der Waals surface area contributed by atoms with Gasteiger partial charge in [-0.2, -0.15) is 5.10 Å². The van der Waals surface area contributed by atoms with Gasteiger partial charge < -0.3 is 10.4 Å². The minimum Gasteiger partial charge on any atom is -0.395 e. The van der Waals surface area contributed by atoms with Crippen molar-refractivity contribution in [3.05, 3.63) is 72.3 Å². The molecule has 0 unspecified atom stereocenters. The molecule has 6 heteroatoms. The van der Waals surface area contributed by atoms with Crippen LogP contribution in [0.1, 0.15) is 10.4 Å². The van der Waals surface area contributed by atoms with Gasteiger partial charge in [-0.25, -0.2) is 4.98 Å².